The lowest BCUT2D eigenvalue weighted by atomic mass is 9.55. The SMILES string of the molecule is CCC1C(=NNC(N)=O)CC1(CC)CC. The summed E-state index contributed by atoms with van der Waals surface area (Å²) in [5.41, 5.74) is 8.81. The Hall–Kier alpha value is -1.06. The Morgan fingerprint density at radius 2 is 2.13 bits per heavy atom. The molecular formula is C11H21N3O. The van der Waals surface area contributed by atoms with Crippen molar-refractivity contribution in [2.45, 2.75) is 46.5 Å². The summed E-state index contributed by atoms with van der Waals surface area (Å²) < 4.78 is 0. The first-order chi connectivity index (χ1) is 7.09. The maximum atomic E-state index is 10.5. The molecule has 1 aliphatic carbocycles. The van der Waals surface area contributed by atoms with Crippen LogP contribution < -0.4 is 11.2 Å². The smallest absolute Gasteiger partial charge is 0.332 e. The third kappa shape index (κ3) is 2.13. The Balaban J connectivity index is 2.67. The van der Waals surface area contributed by atoms with Crippen LogP contribution in [0.25, 0.3) is 0 Å². The highest BCUT2D eigenvalue weighted by Gasteiger charge is 2.47. The number of amides is 2. The number of urea groups is 1. The van der Waals surface area contributed by atoms with E-state index in [1.54, 1.807) is 0 Å². The number of primary amides is 1. The molecule has 1 fully saturated rings. The van der Waals surface area contributed by atoms with E-state index in [1.165, 1.54) is 12.8 Å². The van der Waals surface area contributed by atoms with Gasteiger partial charge in [-0.25, -0.2) is 10.2 Å². The fraction of sp³-hybridized carbons (Fsp3) is 0.818. The number of hydrogen-bond acceptors (Lipinski definition) is 2. The van der Waals surface area contributed by atoms with Crippen molar-refractivity contribution in [1.29, 1.82) is 0 Å². The molecule has 0 heterocycles. The molecule has 0 aromatic rings. The van der Waals surface area contributed by atoms with Crippen molar-refractivity contribution in [3.63, 3.8) is 0 Å². The average Bonchev–Trinajstić information content (AvgIpc) is 2.18. The monoisotopic (exact) mass is 211 g/mol. The van der Waals surface area contributed by atoms with Gasteiger partial charge in [-0.1, -0.05) is 20.8 Å². The number of carbonyl (C=O) groups is 1. The molecule has 1 rings (SSSR count). The number of nitrogens with one attached hydrogen (secondary N) is 1. The Kier molecular flexibility index (Phi) is 3.72. The second kappa shape index (κ2) is 4.64. The van der Waals surface area contributed by atoms with Gasteiger partial charge in [0.1, 0.15) is 0 Å². The van der Waals surface area contributed by atoms with Gasteiger partial charge >= 0.3 is 6.03 Å². The number of hydrazone groups is 1. The van der Waals surface area contributed by atoms with Crippen LogP contribution in [0.2, 0.25) is 0 Å². The quantitative estimate of drug-likeness (QED) is 0.688. The van der Waals surface area contributed by atoms with Crippen LogP contribution in [-0.4, -0.2) is 11.7 Å². The van der Waals surface area contributed by atoms with Gasteiger partial charge < -0.3 is 5.73 Å². The van der Waals surface area contributed by atoms with E-state index < -0.39 is 6.03 Å². The zero-order valence-electron chi connectivity index (χ0n) is 9.84. The highest BCUT2D eigenvalue weighted by molar-refractivity contribution is 5.94. The zero-order valence-corrected chi connectivity index (χ0v) is 9.84. The molecule has 86 valence electrons. The van der Waals surface area contributed by atoms with E-state index in [9.17, 15) is 4.79 Å². The van der Waals surface area contributed by atoms with E-state index in [-0.39, 0.29) is 0 Å². The first-order valence-electron chi connectivity index (χ1n) is 5.71. The van der Waals surface area contributed by atoms with Crippen LogP contribution in [0.15, 0.2) is 5.10 Å². The molecule has 0 aromatic carbocycles. The summed E-state index contributed by atoms with van der Waals surface area (Å²) in [5, 5.41) is 4.06. The maximum Gasteiger partial charge on any atom is 0.332 e. The molecule has 1 unspecified atom stereocenters. The molecule has 0 spiro atoms. The van der Waals surface area contributed by atoms with Crippen LogP contribution in [0.3, 0.4) is 0 Å². The molecule has 0 radical (unpaired) electrons. The largest absolute Gasteiger partial charge is 0.350 e. The number of nitrogens with zero attached hydrogens (tertiary/aromatic N) is 1. The van der Waals surface area contributed by atoms with E-state index in [1.807, 2.05) is 0 Å². The lowest BCUT2D eigenvalue weighted by molar-refractivity contribution is 0.143. The maximum absolute atomic E-state index is 10.5. The van der Waals surface area contributed by atoms with Gasteiger partial charge in [0, 0.05) is 11.6 Å². The van der Waals surface area contributed by atoms with E-state index in [0.717, 1.165) is 18.6 Å². The van der Waals surface area contributed by atoms with Crippen molar-refractivity contribution in [2.75, 3.05) is 0 Å². The summed E-state index contributed by atoms with van der Waals surface area (Å²) in [7, 11) is 0. The van der Waals surface area contributed by atoms with Gasteiger partial charge in [0.2, 0.25) is 0 Å². The van der Waals surface area contributed by atoms with Crippen LogP contribution in [0.4, 0.5) is 4.79 Å². The van der Waals surface area contributed by atoms with Crippen LogP contribution in [0.1, 0.15) is 46.5 Å². The molecule has 3 N–H and O–H groups in total. The Morgan fingerprint density at radius 3 is 2.53 bits per heavy atom. The Morgan fingerprint density at radius 1 is 1.53 bits per heavy atom. The van der Waals surface area contributed by atoms with E-state index >= 15 is 0 Å². The molecule has 15 heavy (non-hydrogen) atoms. The van der Waals surface area contributed by atoms with Crippen LogP contribution in [0, 0.1) is 11.3 Å². The first-order valence-corrected chi connectivity index (χ1v) is 5.71. The molecule has 1 saturated carbocycles. The van der Waals surface area contributed by atoms with Crippen molar-refractivity contribution < 1.29 is 4.79 Å². The lowest BCUT2D eigenvalue weighted by Gasteiger charge is -2.49. The minimum atomic E-state index is -0.581. The fourth-order valence-electron chi connectivity index (χ4n) is 2.74. The molecule has 2 amide bonds. The fourth-order valence-corrected chi connectivity index (χ4v) is 2.74. The molecule has 1 aliphatic rings. The lowest BCUT2D eigenvalue weighted by Crippen LogP contribution is -2.48. The minimum absolute atomic E-state index is 0.410. The summed E-state index contributed by atoms with van der Waals surface area (Å²) in [5.74, 6) is 0.513. The van der Waals surface area contributed by atoms with E-state index in [4.69, 9.17) is 5.73 Å². The third-order valence-electron chi connectivity index (χ3n) is 3.80. The van der Waals surface area contributed by atoms with Gasteiger partial charge in [-0.05, 0) is 31.1 Å². The van der Waals surface area contributed by atoms with Crippen LogP contribution in [0.5, 0.6) is 0 Å². The Bertz CT molecular complexity index is 269. The molecular weight excluding hydrogens is 190 g/mol. The molecule has 1 atom stereocenters. The zero-order chi connectivity index (χ0) is 11.5. The van der Waals surface area contributed by atoms with Gasteiger partial charge in [0.05, 0.1) is 0 Å². The third-order valence-corrected chi connectivity index (χ3v) is 3.80. The van der Waals surface area contributed by atoms with Crippen LogP contribution >= 0.6 is 0 Å². The summed E-state index contributed by atoms with van der Waals surface area (Å²) in [6.45, 7) is 6.62. The van der Waals surface area contributed by atoms with Crippen molar-refractivity contribution in [3.8, 4) is 0 Å². The molecule has 0 aliphatic heterocycles. The summed E-state index contributed by atoms with van der Waals surface area (Å²) in [4.78, 5) is 10.5. The van der Waals surface area contributed by atoms with Crippen LogP contribution in [-0.2, 0) is 0 Å². The normalized spacial score (nSPS) is 26.1. The molecule has 4 nitrogen and oxygen atoms in total. The second-order valence-corrected chi connectivity index (χ2v) is 4.29. The highest BCUT2D eigenvalue weighted by Crippen LogP contribution is 2.51. The minimum Gasteiger partial charge on any atom is -0.350 e. The Labute approximate surface area is 91.3 Å². The van der Waals surface area contributed by atoms with Crippen molar-refractivity contribution in [3.05, 3.63) is 0 Å². The molecule has 0 saturated heterocycles. The molecule has 0 bridgehead atoms. The first kappa shape index (κ1) is 12.0. The predicted molar refractivity (Wildman–Crippen MR) is 61.6 cm³/mol. The second-order valence-electron chi connectivity index (χ2n) is 4.29. The standard InChI is InChI=1S/C11H21N3O/c1-4-8-9(13-14-10(12)15)7-11(8,5-2)6-3/h8H,4-7H2,1-3H3,(H3,12,14,15). The van der Waals surface area contributed by atoms with Gasteiger partial charge in [0.15, 0.2) is 0 Å². The summed E-state index contributed by atoms with van der Waals surface area (Å²) in [6, 6.07) is -0.581. The predicted octanol–water partition coefficient (Wildman–Crippen LogP) is 2.25. The molecule has 0 aromatic heterocycles. The number of carbonyl (C=O) groups excluding carboxylic acids is 1. The van der Waals surface area contributed by atoms with Gasteiger partial charge in [-0.15, -0.1) is 0 Å². The van der Waals surface area contributed by atoms with E-state index in [0.29, 0.717) is 11.3 Å². The van der Waals surface area contributed by atoms with Crippen molar-refractivity contribution in [2.24, 2.45) is 22.2 Å². The van der Waals surface area contributed by atoms with E-state index in [2.05, 4.69) is 31.3 Å². The topological polar surface area (TPSA) is 67.5 Å². The van der Waals surface area contributed by atoms with Gasteiger partial charge in [-0.2, -0.15) is 5.10 Å². The highest BCUT2D eigenvalue weighted by atomic mass is 16.2. The summed E-state index contributed by atoms with van der Waals surface area (Å²) in [6.07, 6.45) is 4.44. The van der Waals surface area contributed by atoms with Gasteiger partial charge in [-0.3, -0.25) is 0 Å². The average molecular weight is 211 g/mol. The number of rotatable bonds is 4. The molecule has 4 heteroatoms. The van der Waals surface area contributed by atoms with Crippen molar-refractivity contribution in [1.82, 2.24) is 5.43 Å². The number of hydrogen-bond donors (Lipinski definition) is 2. The summed E-state index contributed by atoms with van der Waals surface area (Å²) >= 11 is 0. The number of nitrogens with two attached hydrogens (primary N) is 1. The van der Waals surface area contributed by atoms with Crippen molar-refractivity contribution >= 4 is 11.7 Å². The van der Waals surface area contributed by atoms with Gasteiger partial charge in [0.25, 0.3) is 0 Å².